The van der Waals surface area contributed by atoms with E-state index in [2.05, 4.69) is 5.32 Å². The fraction of sp³-hybridized carbons (Fsp3) is 0.462. The molecule has 0 aliphatic carbocycles. The number of rotatable bonds is 4. The fourth-order valence-electron chi connectivity index (χ4n) is 2.18. The van der Waals surface area contributed by atoms with Gasteiger partial charge in [-0.25, -0.2) is 0 Å². The van der Waals surface area contributed by atoms with Crippen LogP contribution in [0.4, 0.5) is 5.69 Å². The number of benzene rings is 1. The lowest BCUT2D eigenvalue weighted by Gasteiger charge is -2.17. The first-order chi connectivity index (χ1) is 8.26. The minimum absolute atomic E-state index is 0.0490. The van der Waals surface area contributed by atoms with Crippen LogP contribution in [0.1, 0.15) is 12.0 Å². The van der Waals surface area contributed by atoms with Gasteiger partial charge in [0, 0.05) is 18.8 Å². The molecule has 1 aliphatic rings. The summed E-state index contributed by atoms with van der Waals surface area (Å²) in [6, 6.07) is 7.77. The highest BCUT2D eigenvalue weighted by atomic mass is 16.3. The Hall–Kier alpha value is -1.39. The topological polar surface area (TPSA) is 52.6 Å². The summed E-state index contributed by atoms with van der Waals surface area (Å²) in [5.74, 6) is 0.141. The van der Waals surface area contributed by atoms with Crippen LogP contribution in [0.3, 0.4) is 0 Å². The van der Waals surface area contributed by atoms with E-state index in [1.54, 1.807) is 0 Å². The largest absolute Gasteiger partial charge is 0.396 e. The first-order valence-corrected chi connectivity index (χ1v) is 5.94. The summed E-state index contributed by atoms with van der Waals surface area (Å²) in [7, 11) is 1.82. The van der Waals surface area contributed by atoms with Crippen molar-refractivity contribution in [1.82, 2.24) is 5.32 Å². The number of aliphatic hydroxyl groups is 1. The van der Waals surface area contributed by atoms with E-state index in [4.69, 9.17) is 5.11 Å². The molecule has 1 aromatic carbocycles. The van der Waals surface area contributed by atoms with E-state index < -0.39 is 0 Å². The van der Waals surface area contributed by atoms with Crippen molar-refractivity contribution in [3.05, 3.63) is 29.8 Å². The normalized spacial score (nSPS) is 20.0. The van der Waals surface area contributed by atoms with Crippen molar-refractivity contribution in [3.8, 4) is 0 Å². The maximum Gasteiger partial charge on any atom is 0.244 e. The zero-order valence-corrected chi connectivity index (χ0v) is 10.0. The van der Waals surface area contributed by atoms with Crippen molar-refractivity contribution in [2.24, 2.45) is 0 Å². The summed E-state index contributed by atoms with van der Waals surface area (Å²) in [4.78, 5) is 13.8. The van der Waals surface area contributed by atoms with Crippen LogP contribution in [0.15, 0.2) is 24.3 Å². The monoisotopic (exact) mass is 234 g/mol. The molecule has 17 heavy (non-hydrogen) atoms. The summed E-state index contributed by atoms with van der Waals surface area (Å²) >= 11 is 0. The van der Waals surface area contributed by atoms with Crippen LogP contribution in [0.25, 0.3) is 0 Å². The van der Waals surface area contributed by atoms with E-state index in [-0.39, 0.29) is 18.6 Å². The molecule has 1 amide bonds. The van der Waals surface area contributed by atoms with E-state index in [1.807, 2.05) is 36.2 Å². The maximum atomic E-state index is 12.0. The van der Waals surface area contributed by atoms with Crippen molar-refractivity contribution < 1.29 is 9.90 Å². The van der Waals surface area contributed by atoms with Crippen LogP contribution in [-0.2, 0) is 11.2 Å². The molecule has 2 rings (SSSR count). The summed E-state index contributed by atoms with van der Waals surface area (Å²) in [6.45, 7) is 0.924. The predicted octanol–water partition coefficient (Wildman–Crippen LogP) is 0.546. The number of carbonyl (C=O) groups is 1. The van der Waals surface area contributed by atoms with Gasteiger partial charge in [-0.3, -0.25) is 4.79 Å². The molecule has 4 nitrogen and oxygen atoms in total. The minimum atomic E-state index is -0.0490. The molecule has 1 unspecified atom stereocenters. The summed E-state index contributed by atoms with van der Waals surface area (Å²) < 4.78 is 0. The van der Waals surface area contributed by atoms with Crippen LogP contribution < -0.4 is 10.2 Å². The Bertz CT molecular complexity index is 389. The first kappa shape index (κ1) is 12.1. The predicted molar refractivity (Wildman–Crippen MR) is 67.0 cm³/mol. The summed E-state index contributed by atoms with van der Waals surface area (Å²) in [5, 5.41) is 11.9. The molecule has 0 saturated carbocycles. The van der Waals surface area contributed by atoms with Crippen LogP contribution in [0, 0.1) is 0 Å². The second-order valence-electron chi connectivity index (χ2n) is 4.26. The summed E-state index contributed by atoms with van der Waals surface area (Å²) in [5.41, 5.74) is 2.03. The Morgan fingerprint density at radius 3 is 2.65 bits per heavy atom. The molecule has 1 aliphatic heterocycles. The Kier molecular flexibility index (Phi) is 3.76. The molecule has 1 saturated heterocycles. The number of likely N-dealkylation sites (N-methyl/N-ethyl adjacent to an activating group) is 1. The quantitative estimate of drug-likeness (QED) is 0.799. The number of hydrogen-bond donors (Lipinski definition) is 2. The lowest BCUT2D eigenvalue weighted by atomic mass is 10.1. The third-order valence-electron chi connectivity index (χ3n) is 3.20. The smallest absolute Gasteiger partial charge is 0.244 e. The third-order valence-corrected chi connectivity index (χ3v) is 3.20. The molecule has 0 spiro atoms. The van der Waals surface area contributed by atoms with E-state index in [1.165, 1.54) is 0 Å². The lowest BCUT2D eigenvalue weighted by Crippen LogP contribution is -2.36. The average Bonchev–Trinajstić information content (AvgIpc) is 2.72. The fourth-order valence-corrected chi connectivity index (χ4v) is 2.18. The summed E-state index contributed by atoms with van der Waals surface area (Å²) in [6.07, 6.45) is 1.51. The van der Waals surface area contributed by atoms with E-state index >= 15 is 0 Å². The van der Waals surface area contributed by atoms with Crippen molar-refractivity contribution in [2.45, 2.75) is 18.9 Å². The van der Waals surface area contributed by atoms with Gasteiger partial charge in [-0.05, 0) is 37.6 Å². The number of aliphatic hydroxyl groups excluding tert-OH is 1. The molecule has 1 atom stereocenters. The number of nitrogens with zero attached hydrogens (tertiary/aromatic N) is 1. The maximum absolute atomic E-state index is 12.0. The molecule has 1 fully saturated rings. The Balaban J connectivity index is 2.10. The standard InChI is InChI=1S/C13H18N2O2/c1-14-12-6-8-15(13(12)17)11-4-2-10(3-5-11)7-9-16/h2-5,12,14,16H,6-9H2,1H3. The molecule has 2 N–H and O–H groups in total. The van der Waals surface area contributed by atoms with Gasteiger partial charge in [-0.2, -0.15) is 0 Å². The Labute approximate surface area is 101 Å². The highest BCUT2D eigenvalue weighted by Gasteiger charge is 2.30. The van der Waals surface area contributed by atoms with Gasteiger partial charge in [-0.15, -0.1) is 0 Å². The zero-order valence-electron chi connectivity index (χ0n) is 10.0. The van der Waals surface area contributed by atoms with Gasteiger partial charge < -0.3 is 15.3 Å². The highest BCUT2D eigenvalue weighted by Crippen LogP contribution is 2.21. The van der Waals surface area contributed by atoms with Gasteiger partial charge in [0.15, 0.2) is 0 Å². The third kappa shape index (κ3) is 2.48. The molecule has 4 heteroatoms. The van der Waals surface area contributed by atoms with Crippen molar-refractivity contribution >= 4 is 11.6 Å². The van der Waals surface area contributed by atoms with Gasteiger partial charge in [0.2, 0.25) is 5.91 Å². The van der Waals surface area contributed by atoms with Crippen LogP contribution in [-0.4, -0.2) is 37.3 Å². The number of nitrogens with one attached hydrogen (secondary N) is 1. The van der Waals surface area contributed by atoms with Crippen molar-refractivity contribution in [2.75, 3.05) is 25.1 Å². The number of anilines is 1. The van der Waals surface area contributed by atoms with Crippen molar-refractivity contribution in [3.63, 3.8) is 0 Å². The minimum Gasteiger partial charge on any atom is -0.396 e. The second-order valence-corrected chi connectivity index (χ2v) is 4.26. The van der Waals surface area contributed by atoms with Gasteiger partial charge in [0.05, 0.1) is 6.04 Å². The Morgan fingerprint density at radius 2 is 2.12 bits per heavy atom. The van der Waals surface area contributed by atoms with E-state index in [0.29, 0.717) is 6.42 Å². The van der Waals surface area contributed by atoms with Gasteiger partial charge in [-0.1, -0.05) is 12.1 Å². The molecular formula is C13H18N2O2. The van der Waals surface area contributed by atoms with Gasteiger partial charge >= 0.3 is 0 Å². The molecule has 1 heterocycles. The van der Waals surface area contributed by atoms with Crippen LogP contribution in [0.2, 0.25) is 0 Å². The van der Waals surface area contributed by atoms with Crippen LogP contribution >= 0.6 is 0 Å². The number of amides is 1. The first-order valence-electron chi connectivity index (χ1n) is 5.94. The molecule has 0 aromatic heterocycles. The van der Waals surface area contributed by atoms with Crippen LogP contribution in [0.5, 0.6) is 0 Å². The van der Waals surface area contributed by atoms with E-state index in [9.17, 15) is 4.79 Å². The van der Waals surface area contributed by atoms with E-state index in [0.717, 1.165) is 24.2 Å². The second kappa shape index (κ2) is 5.29. The average molecular weight is 234 g/mol. The lowest BCUT2D eigenvalue weighted by molar-refractivity contribution is -0.118. The zero-order chi connectivity index (χ0) is 12.3. The van der Waals surface area contributed by atoms with Gasteiger partial charge in [0.1, 0.15) is 0 Å². The number of hydrogen-bond acceptors (Lipinski definition) is 3. The molecule has 92 valence electrons. The molecule has 1 aromatic rings. The highest BCUT2D eigenvalue weighted by molar-refractivity contribution is 5.99. The number of carbonyl (C=O) groups excluding carboxylic acids is 1. The van der Waals surface area contributed by atoms with Crippen molar-refractivity contribution in [1.29, 1.82) is 0 Å². The SMILES string of the molecule is CNC1CCN(c2ccc(CCO)cc2)C1=O. The molecule has 0 bridgehead atoms. The molecule has 0 radical (unpaired) electrons. The van der Waals surface area contributed by atoms with Gasteiger partial charge in [0.25, 0.3) is 0 Å². The molecular weight excluding hydrogens is 216 g/mol. The Morgan fingerprint density at radius 1 is 1.41 bits per heavy atom.